The Morgan fingerprint density at radius 3 is 2.55 bits per heavy atom. The maximum Gasteiger partial charge on any atom is 0.233 e. The lowest BCUT2D eigenvalue weighted by atomic mass is 10.5. The number of anilines is 1. The van der Waals surface area contributed by atoms with Gasteiger partial charge in [-0.2, -0.15) is 0 Å². The molecule has 1 rings (SSSR count). The number of hydrogen-bond acceptors (Lipinski definition) is 4. The Morgan fingerprint density at radius 1 is 1.45 bits per heavy atom. The van der Waals surface area contributed by atoms with Crippen LogP contribution in [0.4, 0.5) is 5.82 Å². The highest BCUT2D eigenvalue weighted by Crippen LogP contribution is 2.07. The number of rotatable bonds is 2. The average Bonchev–Trinajstić information content (AvgIpc) is 2.05. The highest BCUT2D eigenvalue weighted by molar-refractivity contribution is 5.34. The van der Waals surface area contributed by atoms with Crippen LogP contribution >= 0.6 is 0 Å². The minimum Gasteiger partial charge on any atom is -0.480 e. The van der Waals surface area contributed by atoms with Crippen molar-refractivity contribution in [2.24, 2.45) is 0 Å². The lowest BCUT2D eigenvalue weighted by molar-refractivity contribution is 0.392. The molecule has 0 spiro atoms. The third kappa shape index (κ3) is 1.80. The predicted molar refractivity (Wildman–Crippen MR) is 41.7 cm³/mol. The van der Waals surface area contributed by atoms with Crippen molar-refractivity contribution in [1.29, 1.82) is 0 Å². The molecule has 59 valence electrons. The quantitative estimate of drug-likeness (QED) is 0.613. The molecule has 1 aromatic rings. The summed E-state index contributed by atoms with van der Waals surface area (Å²) in [4.78, 5) is 1.83. The standard InChI is InChI=1S/C7H10N3O/c1-10(2)6-4-5-7(11-3)9-8-6/h5H,1-3H3. The van der Waals surface area contributed by atoms with Gasteiger partial charge in [0.2, 0.25) is 5.88 Å². The summed E-state index contributed by atoms with van der Waals surface area (Å²) < 4.78 is 4.83. The van der Waals surface area contributed by atoms with Crippen LogP contribution < -0.4 is 9.64 Å². The van der Waals surface area contributed by atoms with Crippen LogP contribution in [-0.4, -0.2) is 31.4 Å². The Balaban J connectivity index is 2.83. The Hall–Kier alpha value is -1.32. The molecule has 1 aromatic heterocycles. The zero-order valence-corrected chi connectivity index (χ0v) is 6.83. The summed E-state index contributed by atoms with van der Waals surface area (Å²) in [5.74, 6) is 1.18. The topological polar surface area (TPSA) is 38.2 Å². The van der Waals surface area contributed by atoms with E-state index >= 15 is 0 Å². The number of aromatic nitrogens is 2. The molecular formula is C7H10N3O. The molecule has 0 aromatic carbocycles. The summed E-state index contributed by atoms with van der Waals surface area (Å²) in [6.07, 6.45) is 0. The zero-order valence-electron chi connectivity index (χ0n) is 6.83. The number of hydrogen-bond donors (Lipinski definition) is 0. The van der Waals surface area contributed by atoms with Crippen molar-refractivity contribution in [3.63, 3.8) is 0 Å². The molecule has 0 fully saturated rings. The van der Waals surface area contributed by atoms with E-state index in [0.717, 1.165) is 0 Å². The molecule has 4 nitrogen and oxygen atoms in total. The maximum absolute atomic E-state index is 4.83. The summed E-state index contributed by atoms with van der Waals surface area (Å²) in [6, 6.07) is 4.57. The zero-order chi connectivity index (χ0) is 8.27. The fraction of sp³-hybridized carbons (Fsp3) is 0.429. The van der Waals surface area contributed by atoms with E-state index in [4.69, 9.17) is 4.74 Å². The van der Waals surface area contributed by atoms with Gasteiger partial charge >= 0.3 is 0 Å². The molecule has 0 bridgehead atoms. The second kappa shape index (κ2) is 3.18. The van der Waals surface area contributed by atoms with E-state index in [1.807, 2.05) is 19.0 Å². The number of nitrogens with zero attached hydrogens (tertiary/aromatic N) is 3. The second-order valence-electron chi connectivity index (χ2n) is 2.25. The van der Waals surface area contributed by atoms with E-state index in [0.29, 0.717) is 11.7 Å². The molecular weight excluding hydrogens is 142 g/mol. The van der Waals surface area contributed by atoms with Crippen molar-refractivity contribution in [3.05, 3.63) is 12.1 Å². The summed E-state index contributed by atoms with van der Waals surface area (Å²) in [7, 11) is 5.31. The third-order valence-electron chi connectivity index (χ3n) is 1.20. The molecule has 0 saturated carbocycles. The van der Waals surface area contributed by atoms with Crippen LogP contribution in [0.5, 0.6) is 5.88 Å². The lowest BCUT2D eigenvalue weighted by Gasteiger charge is -2.08. The monoisotopic (exact) mass is 152 g/mol. The second-order valence-corrected chi connectivity index (χ2v) is 2.25. The molecule has 1 radical (unpaired) electrons. The van der Waals surface area contributed by atoms with E-state index in [-0.39, 0.29) is 0 Å². The van der Waals surface area contributed by atoms with E-state index < -0.39 is 0 Å². The summed E-state index contributed by atoms with van der Waals surface area (Å²) in [5, 5.41) is 7.62. The molecule has 0 N–H and O–H groups in total. The average molecular weight is 152 g/mol. The largest absolute Gasteiger partial charge is 0.480 e. The summed E-state index contributed by atoms with van der Waals surface area (Å²) in [5.41, 5.74) is 0. The number of methoxy groups -OCH3 is 1. The summed E-state index contributed by atoms with van der Waals surface area (Å²) in [6.45, 7) is 0. The molecule has 4 heteroatoms. The molecule has 0 unspecified atom stereocenters. The molecule has 0 atom stereocenters. The van der Waals surface area contributed by atoms with E-state index in [1.54, 1.807) is 13.2 Å². The normalized spacial score (nSPS) is 9.36. The highest BCUT2D eigenvalue weighted by Gasteiger charge is 1.97. The maximum atomic E-state index is 4.83. The van der Waals surface area contributed by atoms with Gasteiger partial charge in [0.15, 0.2) is 5.82 Å². The van der Waals surface area contributed by atoms with Crippen LogP contribution in [0, 0.1) is 6.07 Å². The Morgan fingerprint density at radius 2 is 2.18 bits per heavy atom. The van der Waals surface area contributed by atoms with Crippen LogP contribution in [0.15, 0.2) is 6.07 Å². The van der Waals surface area contributed by atoms with E-state index in [2.05, 4.69) is 16.3 Å². The Kier molecular flexibility index (Phi) is 2.25. The van der Waals surface area contributed by atoms with Gasteiger partial charge in [-0.25, -0.2) is 0 Å². The van der Waals surface area contributed by atoms with E-state index in [9.17, 15) is 0 Å². The first kappa shape index (κ1) is 7.78. The SMILES string of the molecule is COc1c[c]c(N(C)C)nn1. The van der Waals surface area contributed by atoms with Crippen molar-refractivity contribution in [2.75, 3.05) is 26.1 Å². The van der Waals surface area contributed by atoms with Gasteiger partial charge in [-0.15, -0.1) is 10.2 Å². The minimum atomic E-state index is 0.482. The van der Waals surface area contributed by atoms with Crippen LogP contribution in [0.25, 0.3) is 0 Å². The van der Waals surface area contributed by atoms with Crippen LogP contribution in [0.1, 0.15) is 0 Å². The smallest absolute Gasteiger partial charge is 0.233 e. The predicted octanol–water partition coefficient (Wildman–Crippen LogP) is 0.351. The Bertz CT molecular complexity index is 220. The van der Waals surface area contributed by atoms with Crippen LogP contribution in [0.3, 0.4) is 0 Å². The van der Waals surface area contributed by atoms with Crippen molar-refractivity contribution < 1.29 is 4.74 Å². The first-order valence-corrected chi connectivity index (χ1v) is 3.20. The first-order chi connectivity index (χ1) is 5.24. The van der Waals surface area contributed by atoms with Gasteiger partial charge in [-0.05, 0) is 0 Å². The first-order valence-electron chi connectivity index (χ1n) is 3.20. The molecule has 0 aliphatic heterocycles. The van der Waals surface area contributed by atoms with Crippen molar-refractivity contribution in [1.82, 2.24) is 10.2 Å². The van der Waals surface area contributed by atoms with E-state index in [1.165, 1.54) is 0 Å². The molecule has 1 heterocycles. The van der Waals surface area contributed by atoms with Gasteiger partial charge in [-0.3, -0.25) is 0 Å². The van der Waals surface area contributed by atoms with Gasteiger partial charge in [0.05, 0.1) is 7.11 Å². The summed E-state index contributed by atoms with van der Waals surface area (Å²) >= 11 is 0. The fourth-order valence-corrected chi connectivity index (χ4v) is 0.599. The van der Waals surface area contributed by atoms with Crippen molar-refractivity contribution >= 4 is 5.82 Å². The van der Waals surface area contributed by atoms with Crippen molar-refractivity contribution in [2.45, 2.75) is 0 Å². The minimum absolute atomic E-state index is 0.482. The van der Waals surface area contributed by atoms with Crippen molar-refractivity contribution in [3.8, 4) is 5.88 Å². The van der Waals surface area contributed by atoms with Gasteiger partial charge < -0.3 is 9.64 Å². The molecule has 0 amide bonds. The fourth-order valence-electron chi connectivity index (χ4n) is 0.599. The lowest BCUT2D eigenvalue weighted by Crippen LogP contribution is -2.11. The molecule has 11 heavy (non-hydrogen) atoms. The van der Waals surface area contributed by atoms with Crippen LogP contribution in [-0.2, 0) is 0 Å². The molecule has 0 aliphatic rings. The number of ether oxygens (including phenoxy) is 1. The van der Waals surface area contributed by atoms with Gasteiger partial charge in [0.1, 0.15) is 0 Å². The third-order valence-corrected chi connectivity index (χ3v) is 1.20. The highest BCUT2D eigenvalue weighted by atomic mass is 16.5. The molecule has 0 aliphatic carbocycles. The van der Waals surface area contributed by atoms with Crippen LogP contribution in [0.2, 0.25) is 0 Å². The Labute approximate surface area is 65.8 Å². The molecule has 0 saturated heterocycles. The van der Waals surface area contributed by atoms with Gasteiger partial charge in [0.25, 0.3) is 0 Å². The van der Waals surface area contributed by atoms with Gasteiger partial charge in [0, 0.05) is 26.2 Å². The van der Waals surface area contributed by atoms with Gasteiger partial charge in [-0.1, -0.05) is 0 Å².